The second-order valence-corrected chi connectivity index (χ2v) is 6.85. The number of anilines is 1. The molecule has 0 aromatic heterocycles. The summed E-state index contributed by atoms with van der Waals surface area (Å²) in [5, 5.41) is 24.1. The number of hydrogen-bond acceptors (Lipinski definition) is 5. The summed E-state index contributed by atoms with van der Waals surface area (Å²) in [4.78, 5) is 12.8. The Morgan fingerprint density at radius 1 is 1.50 bits per heavy atom. The molecule has 2 N–H and O–H groups in total. The van der Waals surface area contributed by atoms with Crippen LogP contribution in [0.25, 0.3) is 0 Å². The smallest absolute Gasteiger partial charge is 0.292 e. The fourth-order valence-corrected chi connectivity index (χ4v) is 3.01. The lowest BCUT2D eigenvalue weighted by Crippen LogP contribution is -2.40. The minimum absolute atomic E-state index is 0.0159. The van der Waals surface area contributed by atoms with Crippen LogP contribution in [0.3, 0.4) is 0 Å². The lowest BCUT2D eigenvalue weighted by Gasteiger charge is -2.31. The summed E-state index contributed by atoms with van der Waals surface area (Å²) in [5.74, 6) is 0.760. The van der Waals surface area contributed by atoms with Gasteiger partial charge in [-0.25, -0.2) is 0 Å². The van der Waals surface area contributed by atoms with Gasteiger partial charge in [-0.3, -0.25) is 10.1 Å². The van der Waals surface area contributed by atoms with Gasteiger partial charge < -0.3 is 15.3 Å². The van der Waals surface area contributed by atoms with Crippen molar-refractivity contribution in [3.8, 4) is 0 Å². The van der Waals surface area contributed by atoms with E-state index in [1.165, 1.54) is 6.07 Å². The first kappa shape index (κ1) is 17.2. The fraction of sp³-hybridized carbons (Fsp3) is 0.600. The van der Waals surface area contributed by atoms with E-state index < -0.39 is 11.0 Å². The van der Waals surface area contributed by atoms with Crippen LogP contribution in [0, 0.1) is 16.0 Å². The highest BCUT2D eigenvalue weighted by molar-refractivity contribution is 9.10. The molecule has 0 bridgehead atoms. The van der Waals surface area contributed by atoms with Gasteiger partial charge in [0.2, 0.25) is 0 Å². The van der Waals surface area contributed by atoms with Gasteiger partial charge in [0.15, 0.2) is 0 Å². The van der Waals surface area contributed by atoms with Crippen molar-refractivity contribution in [2.24, 2.45) is 5.92 Å². The summed E-state index contributed by atoms with van der Waals surface area (Å²) in [6.07, 6.45) is 1.78. The Bertz CT molecular complexity index is 519. The van der Waals surface area contributed by atoms with Crippen LogP contribution in [0.5, 0.6) is 0 Å². The van der Waals surface area contributed by atoms with Crippen molar-refractivity contribution in [3.05, 3.63) is 32.8 Å². The molecule has 0 radical (unpaired) electrons. The number of nitrogens with zero attached hydrogens (tertiary/aromatic N) is 2. The largest absolute Gasteiger partial charge is 0.390 e. The van der Waals surface area contributed by atoms with Gasteiger partial charge in [-0.05, 0) is 44.0 Å². The molecule has 0 spiro atoms. The third-order valence-electron chi connectivity index (χ3n) is 4.03. The van der Waals surface area contributed by atoms with E-state index in [1.54, 1.807) is 12.1 Å². The van der Waals surface area contributed by atoms with E-state index in [4.69, 9.17) is 0 Å². The number of nitro groups is 1. The van der Waals surface area contributed by atoms with Crippen molar-refractivity contribution < 1.29 is 10.0 Å². The Morgan fingerprint density at radius 3 is 2.82 bits per heavy atom. The summed E-state index contributed by atoms with van der Waals surface area (Å²) in [6, 6.07) is 4.74. The number of halogens is 1. The normalized spacial score (nSPS) is 18.1. The third kappa shape index (κ3) is 4.93. The molecule has 0 aliphatic carbocycles. The van der Waals surface area contributed by atoms with E-state index in [-0.39, 0.29) is 5.69 Å². The highest BCUT2D eigenvalue weighted by Crippen LogP contribution is 2.27. The van der Waals surface area contributed by atoms with Crippen molar-refractivity contribution >= 4 is 27.3 Å². The fourth-order valence-electron chi connectivity index (χ4n) is 2.64. The maximum Gasteiger partial charge on any atom is 0.292 e. The molecule has 22 heavy (non-hydrogen) atoms. The lowest BCUT2D eigenvalue weighted by atomic mass is 9.99. The highest BCUT2D eigenvalue weighted by atomic mass is 79.9. The van der Waals surface area contributed by atoms with E-state index >= 15 is 0 Å². The van der Waals surface area contributed by atoms with Crippen LogP contribution in [0.4, 0.5) is 11.4 Å². The third-order valence-corrected chi connectivity index (χ3v) is 4.52. The van der Waals surface area contributed by atoms with Crippen LogP contribution >= 0.6 is 15.9 Å². The van der Waals surface area contributed by atoms with Gasteiger partial charge in [-0.15, -0.1) is 0 Å². The van der Waals surface area contributed by atoms with Gasteiger partial charge >= 0.3 is 0 Å². The van der Waals surface area contributed by atoms with E-state index in [2.05, 4.69) is 33.1 Å². The van der Waals surface area contributed by atoms with Crippen LogP contribution < -0.4 is 5.32 Å². The first-order valence-corrected chi connectivity index (χ1v) is 8.33. The Balaban J connectivity index is 1.87. The van der Waals surface area contributed by atoms with Gasteiger partial charge in [-0.2, -0.15) is 0 Å². The molecular formula is C15H22BrN3O3. The summed E-state index contributed by atoms with van der Waals surface area (Å²) in [5.41, 5.74) is 0.438. The van der Waals surface area contributed by atoms with Gasteiger partial charge in [0.1, 0.15) is 5.69 Å². The summed E-state index contributed by atoms with van der Waals surface area (Å²) >= 11 is 3.30. The van der Waals surface area contributed by atoms with Crippen molar-refractivity contribution in [1.29, 1.82) is 0 Å². The highest BCUT2D eigenvalue weighted by Gasteiger charge is 2.19. The van der Waals surface area contributed by atoms with Crippen LogP contribution in [-0.2, 0) is 0 Å². The van der Waals surface area contributed by atoms with E-state index in [9.17, 15) is 15.2 Å². The number of nitro benzene ring substituents is 1. The Hall–Kier alpha value is -1.18. The quantitative estimate of drug-likeness (QED) is 0.593. The second-order valence-electron chi connectivity index (χ2n) is 5.94. The van der Waals surface area contributed by atoms with E-state index in [0.717, 1.165) is 36.3 Å². The number of likely N-dealkylation sites (tertiary alicyclic amines) is 1. The molecule has 1 heterocycles. The average Bonchev–Trinajstić information content (AvgIpc) is 2.47. The number of hydrogen-bond donors (Lipinski definition) is 2. The number of aliphatic hydroxyl groups is 1. The minimum Gasteiger partial charge on any atom is -0.390 e. The van der Waals surface area contributed by atoms with Gasteiger partial charge in [0, 0.05) is 23.6 Å². The predicted octanol–water partition coefficient (Wildman–Crippen LogP) is 2.86. The first-order chi connectivity index (χ1) is 10.5. The molecule has 1 atom stereocenters. The second kappa shape index (κ2) is 7.89. The molecule has 6 nitrogen and oxygen atoms in total. The number of β-amino-alcohol motifs (C(OH)–C–C–N with tert-alkyl or cyclic N) is 1. The minimum atomic E-state index is -0.549. The zero-order valence-electron chi connectivity index (χ0n) is 12.7. The molecule has 7 heteroatoms. The van der Waals surface area contributed by atoms with Crippen molar-refractivity contribution in [3.63, 3.8) is 0 Å². The molecule has 1 aromatic carbocycles. The Morgan fingerprint density at radius 2 is 2.18 bits per heavy atom. The molecule has 1 aliphatic rings. The molecule has 1 aromatic rings. The predicted molar refractivity (Wildman–Crippen MR) is 90.1 cm³/mol. The SMILES string of the molecule is CC1CCN(CC(O)CNc2cc(Br)ccc2[N+](=O)[O-])CC1. The Kier molecular flexibility index (Phi) is 6.16. The van der Waals surface area contributed by atoms with Crippen molar-refractivity contribution in [2.45, 2.75) is 25.9 Å². The molecule has 2 rings (SSSR count). The monoisotopic (exact) mass is 371 g/mol. The zero-order chi connectivity index (χ0) is 16.1. The van der Waals surface area contributed by atoms with Crippen LogP contribution in [0.1, 0.15) is 19.8 Å². The molecule has 0 saturated carbocycles. The number of aliphatic hydroxyl groups excluding tert-OH is 1. The van der Waals surface area contributed by atoms with Crippen molar-refractivity contribution in [2.75, 3.05) is 31.5 Å². The first-order valence-electron chi connectivity index (χ1n) is 7.54. The standard InChI is InChI=1S/C15H22BrN3O3/c1-11-4-6-18(7-5-11)10-13(20)9-17-14-8-12(16)2-3-15(14)19(21)22/h2-3,8,11,13,17,20H,4-7,9-10H2,1H3. The molecule has 122 valence electrons. The van der Waals surface area contributed by atoms with E-state index in [0.29, 0.717) is 18.8 Å². The maximum absolute atomic E-state index is 11.0. The summed E-state index contributed by atoms with van der Waals surface area (Å²) < 4.78 is 0.764. The topological polar surface area (TPSA) is 78.6 Å². The number of nitrogens with one attached hydrogen (secondary N) is 1. The van der Waals surface area contributed by atoms with Gasteiger partial charge in [-0.1, -0.05) is 22.9 Å². The molecule has 1 saturated heterocycles. The van der Waals surface area contributed by atoms with Gasteiger partial charge in [0.05, 0.1) is 11.0 Å². The van der Waals surface area contributed by atoms with Crippen LogP contribution in [-0.4, -0.2) is 47.2 Å². The van der Waals surface area contributed by atoms with E-state index in [1.807, 2.05) is 0 Å². The van der Waals surface area contributed by atoms with Crippen LogP contribution in [0.15, 0.2) is 22.7 Å². The molecule has 1 aliphatic heterocycles. The molecule has 1 unspecified atom stereocenters. The maximum atomic E-state index is 11.0. The summed E-state index contributed by atoms with van der Waals surface area (Å²) in [6.45, 7) is 5.16. The van der Waals surface area contributed by atoms with Crippen molar-refractivity contribution in [1.82, 2.24) is 4.90 Å². The molecule has 1 fully saturated rings. The average molecular weight is 372 g/mol. The molecular weight excluding hydrogens is 350 g/mol. The number of rotatable bonds is 6. The number of piperidine rings is 1. The number of benzene rings is 1. The Labute approximate surface area is 138 Å². The summed E-state index contributed by atoms with van der Waals surface area (Å²) in [7, 11) is 0. The lowest BCUT2D eigenvalue weighted by molar-refractivity contribution is -0.384. The van der Waals surface area contributed by atoms with Gasteiger partial charge in [0.25, 0.3) is 5.69 Å². The van der Waals surface area contributed by atoms with Crippen LogP contribution in [0.2, 0.25) is 0 Å². The zero-order valence-corrected chi connectivity index (χ0v) is 14.3. The molecule has 0 amide bonds.